The molecule has 2 rings (SSSR count). The van der Waals surface area contributed by atoms with Gasteiger partial charge in [-0.3, -0.25) is 0 Å². The number of aliphatic hydroxyl groups excluding tert-OH is 1. The van der Waals surface area contributed by atoms with E-state index in [-0.39, 0.29) is 11.5 Å². The predicted molar refractivity (Wildman–Crippen MR) is 88.0 cm³/mol. The van der Waals surface area contributed by atoms with Gasteiger partial charge in [-0.05, 0) is 48.1 Å². The van der Waals surface area contributed by atoms with Crippen LogP contribution in [0.5, 0.6) is 0 Å². The molecule has 1 aromatic heterocycles. The van der Waals surface area contributed by atoms with Gasteiger partial charge in [0.25, 0.3) is 0 Å². The molecule has 0 fully saturated rings. The van der Waals surface area contributed by atoms with Crippen molar-refractivity contribution in [3.63, 3.8) is 0 Å². The minimum absolute atomic E-state index is 0.198. The Hall–Kier alpha value is -0.730. The van der Waals surface area contributed by atoms with E-state index in [4.69, 9.17) is 0 Å². The second-order valence-corrected chi connectivity index (χ2v) is 8.21. The first kappa shape index (κ1) is 16.6. The second-order valence-electron chi connectivity index (χ2n) is 4.59. The zero-order valence-electron chi connectivity index (χ0n) is 11.5. The lowest BCUT2D eigenvalue weighted by molar-refractivity contribution is 0.281. The Balaban J connectivity index is 2.17. The molecular formula is C14H16BrNO3S2. The number of aliphatic hydroxyl groups is 1. The van der Waals surface area contributed by atoms with Gasteiger partial charge in [0.15, 0.2) is 0 Å². The largest absolute Gasteiger partial charge is 0.392 e. The monoisotopic (exact) mass is 389 g/mol. The number of benzene rings is 1. The third-order valence-corrected chi connectivity index (χ3v) is 6.42. The molecule has 0 amide bonds. The third kappa shape index (κ3) is 4.14. The van der Waals surface area contributed by atoms with Gasteiger partial charge in [-0.1, -0.05) is 22.0 Å². The smallest absolute Gasteiger partial charge is 0.240 e. The molecule has 0 saturated carbocycles. The highest BCUT2D eigenvalue weighted by Gasteiger charge is 2.19. The van der Waals surface area contributed by atoms with Crippen molar-refractivity contribution in [1.82, 2.24) is 4.72 Å². The van der Waals surface area contributed by atoms with Crippen LogP contribution in [0.25, 0.3) is 0 Å². The van der Waals surface area contributed by atoms with Crippen molar-refractivity contribution < 1.29 is 13.5 Å². The third-order valence-electron chi connectivity index (χ3n) is 3.07. The number of hydrogen-bond acceptors (Lipinski definition) is 4. The highest BCUT2D eigenvalue weighted by atomic mass is 79.9. The van der Waals surface area contributed by atoms with Gasteiger partial charge < -0.3 is 5.11 Å². The van der Waals surface area contributed by atoms with Crippen LogP contribution in [0.15, 0.2) is 39.0 Å². The molecule has 2 aromatic rings. The van der Waals surface area contributed by atoms with Gasteiger partial charge in [-0.2, -0.15) is 0 Å². The molecular weight excluding hydrogens is 374 g/mol. The minimum atomic E-state index is -3.59. The van der Waals surface area contributed by atoms with Gasteiger partial charge in [0.05, 0.1) is 11.5 Å². The lowest BCUT2D eigenvalue weighted by Gasteiger charge is -2.12. The van der Waals surface area contributed by atoms with Crippen LogP contribution in [0, 0.1) is 6.92 Å². The highest BCUT2D eigenvalue weighted by molar-refractivity contribution is 9.10. The Morgan fingerprint density at radius 2 is 2.14 bits per heavy atom. The van der Waals surface area contributed by atoms with Crippen LogP contribution < -0.4 is 4.72 Å². The van der Waals surface area contributed by atoms with E-state index < -0.39 is 10.0 Å². The number of halogens is 1. The maximum atomic E-state index is 12.4. The second kappa shape index (κ2) is 7.02. The first-order valence-corrected chi connectivity index (χ1v) is 9.51. The van der Waals surface area contributed by atoms with Gasteiger partial charge in [-0.25, -0.2) is 13.1 Å². The molecule has 0 spiro atoms. The molecule has 0 radical (unpaired) electrons. The summed E-state index contributed by atoms with van der Waals surface area (Å²) in [5.41, 5.74) is 1.20. The summed E-state index contributed by atoms with van der Waals surface area (Å²) in [4.78, 5) is 1.34. The Kier molecular flexibility index (Phi) is 5.56. The van der Waals surface area contributed by atoms with E-state index in [0.717, 1.165) is 4.88 Å². The molecule has 0 saturated heterocycles. The fourth-order valence-corrected chi connectivity index (χ4v) is 4.61. The number of hydrogen-bond donors (Lipinski definition) is 2. The zero-order chi connectivity index (χ0) is 15.5. The first-order valence-electron chi connectivity index (χ1n) is 6.36. The average molecular weight is 390 g/mol. The van der Waals surface area contributed by atoms with Crippen molar-refractivity contribution in [3.8, 4) is 0 Å². The summed E-state index contributed by atoms with van der Waals surface area (Å²) >= 11 is 4.93. The van der Waals surface area contributed by atoms with E-state index in [2.05, 4.69) is 20.7 Å². The predicted octanol–water partition coefficient (Wildman–Crippen LogP) is 2.83. The van der Waals surface area contributed by atoms with Gasteiger partial charge >= 0.3 is 0 Å². The molecule has 0 aliphatic carbocycles. The van der Waals surface area contributed by atoms with Gasteiger partial charge in [0, 0.05) is 15.9 Å². The van der Waals surface area contributed by atoms with E-state index in [9.17, 15) is 13.5 Å². The molecule has 0 unspecified atom stereocenters. The fraction of sp³-hybridized carbons (Fsp3) is 0.286. The summed E-state index contributed by atoms with van der Waals surface area (Å²) in [6.07, 6.45) is 0.663. The van der Waals surface area contributed by atoms with Crippen LogP contribution in [-0.2, 0) is 23.1 Å². The zero-order valence-corrected chi connectivity index (χ0v) is 14.7. The van der Waals surface area contributed by atoms with Crippen LogP contribution in [0.3, 0.4) is 0 Å². The summed E-state index contributed by atoms with van der Waals surface area (Å²) in [5, 5.41) is 11.2. The minimum Gasteiger partial charge on any atom is -0.392 e. The summed E-state index contributed by atoms with van der Waals surface area (Å²) in [5.74, 6) is 0. The molecule has 0 atom stereocenters. The lowest BCUT2D eigenvalue weighted by Crippen LogP contribution is -2.26. The quantitative estimate of drug-likeness (QED) is 0.797. The topological polar surface area (TPSA) is 66.4 Å². The number of thiophene rings is 1. The van der Waals surface area contributed by atoms with Crippen LogP contribution >= 0.6 is 27.3 Å². The molecule has 1 heterocycles. The standard InChI is InChI=1S/C14H16BrNO3S2/c1-10-13(15)7-11(9-17)8-14(10)21(18,19)16-5-4-12-3-2-6-20-12/h2-3,6-8,16-17H,4-5,9H2,1H3. The normalized spacial score (nSPS) is 11.8. The maximum Gasteiger partial charge on any atom is 0.240 e. The molecule has 4 nitrogen and oxygen atoms in total. The molecule has 0 bridgehead atoms. The molecule has 0 aliphatic heterocycles. The van der Waals surface area contributed by atoms with Crippen molar-refractivity contribution in [2.24, 2.45) is 0 Å². The van der Waals surface area contributed by atoms with E-state index in [1.165, 1.54) is 6.07 Å². The summed E-state index contributed by atoms with van der Waals surface area (Å²) in [6, 6.07) is 7.15. The molecule has 1 aromatic carbocycles. The first-order chi connectivity index (χ1) is 9.94. The van der Waals surface area contributed by atoms with Gasteiger partial charge in [-0.15, -0.1) is 11.3 Å². The summed E-state index contributed by atoms with van der Waals surface area (Å²) in [7, 11) is -3.59. The Morgan fingerprint density at radius 1 is 1.38 bits per heavy atom. The molecule has 21 heavy (non-hydrogen) atoms. The van der Waals surface area contributed by atoms with Crippen molar-refractivity contribution in [1.29, 1.82) is 0 Å². The van der Waals surface area contributed by atoms with Crippen LogP contribution in [0.4, 0.5) is 0 Å². The van der Waals surface area contributed by atoms with Gasteiger partial charge in [0.1, 0.15) is 0 Å². The van der Waals surface area contributed by atoms with Crippen LogP contribution in [0.2, 0.25) is 0 Å². The summed E-state index contributed by atoms with van der Waals surface area (Å²) in [6.45, 7) is 1.89. The molecule has 114 valence electrons. The van der Waals surface area contributed by atoms with Crippen molar-refractivity contribution in [3.05, 3.63) is 50.1 Å². The Labute approximate surface area is 137 Å². The Bertz CT molecular complexity index is 712. The highest BCUT2D eigenvalue weighted by Crippen LogP contribution is 2.25. The molecule has 0 aliphatic rings. The number of rotatable bonds is 6. The van der Waals surface area contributed by atoms with E-state index in [0.29, 0.717) is 28.6 Å². The number of nitrogens with one attached hydrogen (secondary N) is 1. The van der Waals surface area contributed by atoms with Crippen LogP contribution in [-0.4, -0.2) is 20.1 Å². The fourth-order valence-electron chi connectivity index (χ4n) is 1.92. The lowest BCUT2D eigenvalue weighted by atomic mass is 10.2. The maximum absolute atomic E-state index is 12.4. The van der Waals surface area contributed by atoms with Gasteiger partial charge in [0.2, 0.25) is 10.0 Å². The van der Waals surface area contributed by atoms with E-state index in [1.807, 2.05) is 17.5 Å². The molecule has 7 heteroatoms. The van der Waals surface area contributed by atoms with Crippen molar-refractivity contribution >= 4 is 37.3 Å². The van der Waals surface area contributed by atoms with Crippen molar-refractivity contribution in [2.75, 3.05) is 6.54 Å². The van der Waals surface area contributed by atoms with Crippen molar-refractivity contribution in [2.45, 2.75) is 24.8 Å². The SMILES string of the molecule is Cc1c(Br)cc(CO)cc1S(=O)(=O)NCCc1cccs1. The summed E-state index contributed by atoms with van der Waals surface area (Å²) < 4.78 is 28.1. The molecule has 2 N–H and O–H groups in total. The average Bonchev–Trinajstić information content (AvgIpc) is 2.94. The van der Waals surface area contributed by atoms with E-state index >= 15 is 0 Å². The Morgan fingerprint density at radius 3 is 2.76 bits per heavy atom. The number of sulfonamides is 1. The van der Waals surface area contributed by atoms with E-state index in [1.54, 1.807) is 24.3 Å². The van der Waals surface area contributed by atoms with Crippen LogP contribution in [0.1, 0.15) is 16.0 Å².